The van der Waals surface area contributed by atoms with Crippen molar-refractivity contribution in [2.24, 2.45) is 0 Å². The molecule has 0 aliphatic rings. The highest BCUT2D eigenvalue weighted by Crippen LogP contribution is 2.20. The van der Waals surface area contributed by atoms with Gasteiger partial charge in [-0.05, 0) is 18.2 Å². The lowest BCUT2D eigenvalue weighted by Gasteiger charge is -2.13. The highest BCUT2D eigenvalue weighted by atomic mass is 35.5. The lowest BCUT2D eigenvalue weighted by Crippen LogP contribution is -2.41. The second-order valence-corrected chi connectivity index (χ2v) is 4.34. The average molecular weight is 292 g/mol. The van der Waals surface area contributed by atoms with E-state index in [1.165, 1.54) is 18.2 Å². The Morgan fingerprint density at radius 2 is 2.00 bits per heavy atom. The molecule has 1 amide bonds. The van der Waals surface area contributed by atoms with Gasteiger partial charge in [0.25, 0.3) is 5.91 Å². The zero-order valence-electron chi connectivity index (χ0n) is 9.19. The normalized spacial score (nSPS) is 11.9. The van der Waals surface area contributed by atoms with E-state index in [1.807, 2.05) is 0 Å². The first-order valence-electron chi connectivity index (χ1n) is 5.05. The van der Waals surface area contributed by atoms with Crippen LogP contribution in [0.15, 0.2) is 18.2 Å². The number of rotatable bonds is 5. The van der Waals surface area contributed by atoms with Crippen molar-refractivity contribution in [3.05, 3.63) is 33.8 Å². The van der Waals surface area contributed by atoms with E-state index < -0.39 is 17.9 Å². The van der Waals surface area contributed by atoms with Crippen molar-refractivity contribution in [3.8, 4) is 0 Å². The highest BCUT2D eigenvalue weighted by Gasteiger charge is 2.21. The third-order valence-electron chi connectivity index (χ3n) is 2.20. The third-order valence-corrected chi connectivity index (χ3v) is 2.74. The van der Waals surface area contributed by atoms with Gasteiger partial charge in [-0.25, -0.2) is 4.79 Å². The van der Waals surface area contributed by atoms with Crippen LogP contribution in [-0.2, 0) is 4.79 Å². The molecule has 0 aromatic heterocycles. The second-order valence-electron chi connectivity index (χ2n) is 3.50. The zero-order chi connectivity index (χ0) is 13.7. The van der Waals surface area contributed by atoms with Gasteiger partial charge in [-0.3, -0.25) is 4.79 Å². The minimum absolute atomic E-state index is 0.0771. The summed E-state index contributed by atoms with van der Waals surface area (Å²) in [6, 6.07) is 3.11. The zero-order valence-corrected chi connectivity index (χ0v) is 10.7. The fourth-order valence-electron chi connectivity index (χ4n) is 1.30. The smallest absolute Gasteiger partial charge is 0.326 e. The van der Waals surface area contributed by atoms with E-state index in [2.05, 4.69) is 5.32 Å². The average Bonchev–Trinajstić information content (AvgIpc) is 2.27. The number of hydrogen-bond acceptors (Lipinski definition) is 3. The van der Waals surface area contributed by atoms with Gasteiger partial charge in [-0.2, -0.15) is 0 Å². The Morgan fingerprint density at radius 1 is 1.33 bits per heavy atom. The number of hydrogen-bond donors (Lipinski definition) is 3. The summed E-state index contributed by atoms with van der Waals surface area (Å²) >= 11 is 11.5. The maximum atomic E-state index is 11.8. The van der Waals surface area contributed by atoms with Crippen LogP contribution in [0.3, 0.4) is 0 Å². The molecular weight excluding hydrogens is 281 g/mol. The first-order valence-corrected chi connectivity index (χ1v) is 5.81. The van der Waals surface area contributed by atoms with Crippen LogP contribution in [0.25, 0.3) is 0 Å². The van der Waals surface area contributed by atoms with Crippen molar-refractivity contribution >= 4 is 35.1 Å². The highest BCUT2D eigenvalue weighted by molar-refractivity contribution is 6.36. The number of amides is 1. The number of carboxylic acids is 1. The van der Waals surface area contributed by atoms with Gasteiger partial charge in [0, 0.05) is 18.1 Å². The maximum absolute atomic E-state index is 11.8. The monoisotopic (exact) mass is 291 g/mol. The summed E-state index contributed by atoms with van der Waals surface area (Å²) in [5.41, 5.74) is 0.130. The molecule has 1 rings (SSSR count). The lowest BCUT2D eigenvalue weighted by molar-refractivity contribution is -0.139. The lowest BCUT2D eigenvalue weighted by atomic mass is 10.1. The van der Waals surface area contributed by atoms with Crippen LogP contribution >= 0.6 is 23.2 Å². The number of benzene rings is 1. The fourth-order valence-corrected chi connectivity index (χ4v) is 1.79. The molecule has 0 aliphatic carbocycles. The molecule has 0 saturated heterocycles. The molecule has 7 heteroatoms. The fraction of sp³-hybridized carbons (Fsp3) is 0.273. The molecule has 18 heavy (non-hydrogen) atoms. The Balaban J connectivity index is 2.83. The largest absolute Gasteiger partial charge is 0.480 e. The van der Waals surface area contributed by atoms with E-state index in [9.17, 15) is 9.59 Å². The van der Waals surface area contributed by atoms with Crippen LogP contribution in [-0.4, -0.2) is 34.7 Å². The van der Waals surface area contributed by atoms with Crippen molar-refractivity contribution in [3.63, 3.8) is 0 Å². The number of halogens is 2. The molecule has 3 N–H and O–H groups in total. The Hall–Kier alpha value is -1.30. The van der Waals surface area contributed by atoms with Crippen LogP contribution in [0.5, 0.6) is 0 Å². The van der Waals surface area contributed by atoms with Crippen molar-refractivity contribution in [1.29, 1.82) is 0 Å². The molecule has 0 unspecified atom stereocenters. The van der Waals surface area contributed by atoms with Crippen molar-refractivity contribution in [1.82, 2.24) is 5.32 Å². The van der Waals surface area contributed by atoms with E-state index in [-0.39, 0.29) is 23.6 Å². The van der Waals surface area contributed by atoms with Crippen LogP contribution in [0.1, 0.15) is 16.8 Å². The van der Waals surface area contributed by atoms with E-state index in [1.54, 1.807) is 0 Å². The van der Waals surface area contributed by atoms with Gasteiger partial charge in [0.1, 0.15) is 6.04 Å². The Morgan fingerprint density at radius 3 is 2.50 bits per heavy atom. The third kappa shape index (κ3) is 3.87. The molecule has 0 heterocycles. The molecule has 0 radical (unpaired) electrons. The summed E-state index contributed by atoms with van der Waals surface area (Å²) in [6.07, 6.45) is -0.0771. The molecule has 1 aromatic carbocycles. The van der Waals surface area contributed by atoms with E-state index in [0.717, 1.165) is 0 Å². The Kier molecular flexibility index (Phi) is 5.40. The quantitative estimate of drug-likeness (QED) is 0.768. The minimum Gasteiger partial charge on any atom is -0.480 e. The summed E-state index contributed by atoms with van der Waals surface area (Å²) in [7, 11) is 0. The number of carboxylic acid groups (broad SMARTS) is 1. The first-order chi connectivity index (χ1) is 8.45. The van der Waals surface area contributed by atoms with E-state index in [4.69, 9.17) is 33.4 Å². The molecule has 0 fully saturated rings. The molecule has 0 aliphatic heterocycles. The summed E-state index contributed by atoms with van der Waals surface area (Å²) in [5, 5.41) is 20.3. The second kappa shape index (κ2) is 6.58. The summed E-state index contributed by atoms with van der Waals surface area (Å²) in [5.74, 6) is -1.85. The Labute approximate surface area is 113 Å². The van der Waals surface area contributed by atoms with Crippen molar-refractivity contribution in [2.75, 3.05) is 6.61 Å². The van der Waals surface area contributed by atoms with Gasteiger partial charge < -0.3 is 15.5 Å². The van der Waals surface area contributed by atoms with Crippen LogP contribution < -0.4 is 5.32 Å². The van der Waals surface area contributed by atoms with Gasteiger partial charge in [0.05, 0.1) is 10.6 Å². The van der Waals surface area contributed by atoms with Crippen LogP contribution in [0.4, 0.5) is 0 Å². The van der Waals surface area contributed by atoms with Crippen LogP contribution in [0.2, 0.25) is 10.0 Å². The van der Waals surface area contributed by atoms with Gasteiger partial charge in [-0.1, -0.05) is 23.2 Å². The van der Waals surface area contributed by atoms with Crippen molar-refractivity contribution < 1.29 is 19.8 Å². The van der Waals surface area contributed by atoms with Gasteiger partial charge in [-0.15, -0.1) is 0 Å². The topological polar surface area (TPSA) is 86.6 Å². The molecule has 0 spiro atoms. The predicted octanol–water partition coefficient (Wildman–Crippen LogP) is 1.56. The standard InChI is InChI=1S/C11H11Cl2NO4/c12-6-1-2-7(8(13)5-6)10(16)14-9(3-4-15)11(17)18/h1-2,5,9,15H,3-4H2,(H,14,16)(H,17,18)/t9-/m1/s1. The van der Waals surface area contributed by atoms with Gasteiger partial charge >= 0.3 is 5.97 Å². The molecular formula is C11H11Cl2NO4. The van der Waals surface area contributed by atoms with E-state index in [0.29, 0.717) is 5.02 Å². The maximum Gasteiger partial charge on any atom is 0.326 e. The first kappa shape index (κ1) is 14.8. The number of aliphatic hydroxyl groups excluding tert-OH is 1. The molecule has 0 bridgehead atoms. The van der Waals surface area contributed by atoms with Gasteiger partial charge in [0.15, 0.2) is 0 Å². The number of carbonyl (C=O) groups is 2. The summed E-state index contributed by atoms with van der Waals surface area (Å²) in [4.78, 5) is 22.6. The Bertz CT molecular complexity index is 464. The molecule has 1 aromatic rings. The number of carbonyl (C=O) groups excluding carboxylic acids is 1. The number of aliphatic carboxylic acids is 1. The molecule has 5 nitrogen and oxygen atoms in total. The number of nitrogens with one attached hydrogen (secondary N) is 1. The number of aliphatic hydroxyl groups is 1. The molecule has 0 saturated carbocycles. The molecule has 1 atom stereocenters. The van der Waals surface area contributed by atoms with E-state index >= 15 is 0 Å². The van der Waals surface area contributed by atoms with Crippen molar-refractivity contribution in [2.45, 2.75) is 12.5 Å². The summed E-state index contributed by atoms with van der Waals surface area (Å²) in [6.45, 7) is -0.342. The van der Waals surface area contributed by atoms with Crippen LogP contribution in [0, 0.1) is 0 Å². The minimum atomic E-state index is -1.22. The SMILES string of the molecule is O=C(N[C@H](CCO)C(=O)O)c1ccc(Cl)cc1Cl. The van der Waals surface area contributed by atoms with Gasteiger partial charge in [0.2, 0.25) is 0 Å². The molecule has 98 valence electrons. The predicted molar refractivity (Wildman–Crippen MR) is 67.1 cm³/mol. The summed E-state index contributed by atoms with van der Waals surface area (Å²) < 4.78 is 0.